The summed E-state index contributed by atoms with van der Waals surface area (Å²) in [6.45, 7) is 2.18. The van der Waals surface area contributed by atoms with E-state index in [0.29, 0.717) is 16.4 Å². The van der Waals surface area contributed by atoms with Crippen LogP contribution >= 0.6 is 12.2 Å². The van der Waals surface area contributed by atoms with Gasteiger partial charge in [-0.15, -0.1) is 0 Å². The Bertz CT molecular complexity index is 611. The summed E-state index contributed by atoms with van der Waals surface area (Å²) < 4.78 is 26.9. The first kappa shape index (κ1) is 16.4. The van der Waals surface area contributed by atoms with E-state index in [2.05, 4.69) is 6.92 Å². The lowest BCUT2D eigenvalue weighted by Gasteiger charge is -2.33. The number of thiocarbonyl (C=S) groups is 1. The molecule has 2 atom stereocenters. The second kappa shape index (κ2) is 6.42. The molecule has 6 heteroatoms. The number of benzene rings is 1. The lowest BCUT2D eigenvalue weighted by Crippen LogP contribution is -2.39. The van der Waals surface area contributed by atoms with Gasteiger partial charge in [-0.05, 0) is 30.9 Å². The Kier molecular flexibility index (Phi) is 5.01. The smallest absolute Gasteiger partial charge is 0.243 e. The predicted octanol–water partition coefficient (Wildman–Crippen LogP) is 2.52. The highest BCUT2D eigenvalue weighted by atomic mass is 32.2. The third kappa shape index (κ3) is 3.62. The van der Waals surface area contributed by atoms with E-state index < -0.39 is 10.0 Å². The maximum atomic E-state index is 12.7. The Labute approximate surface area is 132 Å². The van der Waals surface area contributed by atoms with Gasteiger partial charge in [-0.25, -0.2) is 8.42 Å². The van der Waals surface area contributed by atoms with Crippen molar-refractivity contribution in [2.45, 2.75) is 43.5 Å². The normalized spacial score (nSPS) is 23.2. The predicted molar refractivity (Wildman–Crippen MR) is 88.7 cm³/mol. The second-order valence-corrected chi connectivity index (χ2v) is 8.27. The largest absolute Gasteiger partial charge is 0.389 e. The molecule has 4 nitrogen and oxygen atoms in total. The molecule has 0 heterocycles. The Morgan fingerprint density at radius 2 is 1.90 bits per heavy atom. The summed E-state index contributed by atoms with van der Waals surface area (Å²) in [5.41, 5.74) is 6.22. The van der Waals surface area contributed by atoms with Gasteiger partial charge in [-0.1, -0.05) is 44.1 Å². The summed E-state index contributed by atoms with van der Waals surface area (Å²) in [6, 6.07) is 6.56. The molecule has 0 bridgehead atoms. The van der Waals surface area contributed by atoms with E-state index in [0.717, 1.165) is 19.3 Å². The van der Waals surface area contributed by atoms with Crippen LogP contribution in [-0.4, -0.2) is 30.8 Å². The molecule has 116 valence electrons. The van der Waals surface area contributed by atoms with Crippen LogP contribution in [0.15, 0.2) is 29.2 Å². The van der Waals surface area contributed by atoms with Gasteiger partial charge in [-0.2, -0.15) is 4.31 Å². The molecule has 2 unspecified atom stereocenters. The lowest BCUT2D eigenvalue weighted by atomic mass is 9.87. The van der Waals surface area contributed by atoms with Crippen molar-refractivity contribution in [1.29, 1.82) is 0 Å². The maximum absolute atomic E-state index is 12.7. The van der Waals surface area contributed by atoms with Crippen molar-refractivity contribution in [2.24, 2.45) is 11.7 Å². The monoisotopic (exact) mass is 326 g/mol. The molecule has 0 spiro atoms. The molecular weight excluding hydrogens is 304 g/mol. The number of nitrogens with zero attached hydrogens (tertiary/aromatic N) is 1. The summed E-state index contributed by atoms with van der Waals surface area (Å²) >= 11 is 4.88. The van der Waals surface area contributed by atoms with Crippen LogP contribution in [0.5, 0.6) is 0 Å². The van der Waals surface area contributed by atoms with E-state index in [-0.39, 0.29) is 11.0 Å². The van der Waals surface area contributed by atoms with Crippen LogP contribution in [-0.2, 0) is 10.0 Å². The average Bonchev–Trinajstić information content (AvgIpc) is 2.46. The molecule has 0 aliphatic heterocycles. The van der Waals surface area contributed by atoms with Crippen LogP contribution < -0.4 is 5.73 Å². The van der Waals surface area contributed by atoms with Gasteiger partial charge in [0.2, 0.25) is 10.0 Å². The molecule has 0 aromatic heterocycles. The van der Waals surface area contributed by atoms with Crippen molar-refractivity contribution in [1.82, 2.24) is 4.31 Å². The van der Waals surface area contributed by atoms with Gasteiger partial charge in [0.1, 0.15) is 4.99 Å². The highest BCUT2D eigenvalue weighted by Crippen LogP contribution is 2.29. The highest BCUT2D eigenvalue weighted by Gasteiger charge is 2.30. The molecule has 2 rings (SSSR count). The van der Waals surface area contributed by atoms with Gasteiger partial charge in [-0.3, -0.25) is 0 Å². The maximum Gasteiger partial charge on any atom is 0.243 e. The minimum atomic E-state index is -3.46. The quantitative estimate of drug-likeness (QED) is 0.864. The molecule has 21 heavy (non-hydrogen) atoms. The van der Waals surface area contributed by atoms with Crippen LogP contribution in [0.2, 0.25) is 0 Å². The Morgan fingerprint density at radius 1 is 1.29 bits per heavy atom. The zero-order valence-electron chi connectivity index (χ0n) is 12.5. The van der Waals surface area contributed by atoms with E-state index in [1.54, 1.807) is 31.3 Å². The summed E-state index contributed by atoms with van der Waals surface area (Å²) in [6.07, 6.45) is 4.14. The molecule has 0 saturated heterocycles. The molecular formula is C15H22N2O2S2. The van der Waals surface area contributed by atoms with Crippen LogP contribution in [0.25, 0.3) is 0 Å². The Balaban J connectivity index is 2.22. The Morgan fingerprint density at radius 3 is 2.43 bits per heavy atom. The van der Waals surface area contributed by atoms with Gasteiger partial charge in [0, 0.05) is 18.7 Å². The summed E-state index contributed by atoms with van der Waals surface area (Å²) in [5, 5.41) is 0. The zero-order valence-corrected chi connectivity index (χ0v) is 14.1. The van der Waals surface area contributed by atoms with E-state index >= 15 is 0 Å². The topological polar surface area (TPSA) is 63.4 Å². The first-order chi connectivity index (χ1) is 9.82. The molecule has 1 aliphatic rings. The van der Waals surface area contributed by atoms with Crippen molar-refractivity contribution in [2.75, 3.05) is 7.05 Å². The lowest BCUT2D eigenvalue weighted by molar-refractivity contribution is 0.239. The van der Waals surface area contributed by atoms with Crippen LogP contribution in [0.3, 0.4) is 0 Å². The minimum absolute atomic E-state index is 0.0917. The molecule has 1 fully saturated rings. The number of sulfonamides is 1. The fraction of sp³-hybridized carbons (Fsp3) is 0.533. The van der Waals surface area contributed by atoms with E-state index in [9.17, 15) is 8.42 Å². The fourth-order valence-electron chi connectivity index (χ4n) is 2.89. The third-order valence-corrected chi connectivity index (χ3v) is 6.40. The van der Waals surface area contributed by atoms with Gasteiger partial charge in [0.05, 0.1) is 4.90 Å². The van der Waals surface area contributed by atoms with Crippen molar-refractivity contribution in [3.05, 3.63) is 29.8 Å². The van der Waals surface area contributed by atoms with Crippen molar-refractivity contribution < 1.29 is 8.42 Å². The van der Waals surface area contributed by atoms with Crippen molar-refractivity contribution in [3.63, 3.8) is 0 Å². The molecule has 0 radical (unpaired) electrons. The first-order valence-corrected chi connectivity index (χ1v) is 9.05. The standard InChI is InChI=1S/C15H22N2O2S2/c1-11-4-3-5-13(10-11)17(2)21(18,19)14-8-6-12(7-9-14)15(16)20/h6-9,11,13H,3-5,10H2,1-2H3,(H2,16,20). The zero-order chi connectivity index (χ0) is 15.6. The van der Waals surface area contributed by atoms with Gasteiger partial charge in [0.25, 0.3) is 0 Å². The van der Waals surface area contributed by atoms with Crippen LogP contribution in [0.1, 0.15) is 38.2 Å². The minimum Gasteiger partial charge on any atom is -0.389 e. The second-order valence-electron chi connectivity index (χ2n) is 5.84. The Hall–Kier alpha value is -0.980. The summed E-state index contributed by atoms with van der Waals surface area (Å²) in [7, 11) is -1.78. The SMILES string of the molecule is CC1CCCC(N(C)S(=O)(=O)c2ccc(C(N)=S)cc2)C1. The highest BCUT2D eigenvalue weighted by molar-refractivity contribution is 7.89. The summed E-state index contributed by atoms with van der Waals surface area (Å²) in [5.74, 6) is 0.582. The number of rotatable bonds is 4. The molecule has 1 aromatic rings. The molecule has 1 aliphatic carbocycles. The van der Waals surface area contributed by atoms with E-state index in [1.165, 1.54) is 10.7 Å². The van der Waals surface area contributed by atoms with Crippen LogP contribution in [0, 0.1) is 5.92 Å². The fourth-order valence-corrected chi connectivity index (χ4v) is 4.42. The number of hydrogen-bond acceptors (Lipinski definition) is 3. The molecule has 2 N–H and O–H groups in total. The van der Waals surface area contributed by atoms with E-state index in [4.69, 9.17) is 18.0 Å². The van der Waals surface area contributed by atoms with Gasteiger partial charge in [0.15, 0.2) is 0 Å². The molecule has 1 saturated carbocycles. The third-order valence-electron chi connectivity index (χ3n) is 4.24. The average molecular weight is 326 g/mol. The van der Waals surface area contributed by atoms with Gasteiger partial charge < -0.3 is 5.73 Å². The van der Waals surface area contributed by atoms with Crippen molar-refractivity contribution >= 4 is 27.2 Å². The van der Waals surface area contributed by atoms with Gasteiger partial charge >= 0.3 is 0 Å². The molecule has 1 aromatic carbocycles. The molecule has 0 amide bonds. The first-order valence-electron chi connectivity index (χ1n) is 7.20. The van der Waals surface area contributed by atoms with Crippen molar-refractivity contribution in [3.8, 4) is 0 Å². The summed E-state index contributed by atoms with van der Waals surface area (Å²) in [4.78, 5) is 0.566. The van der Waals surface area contributed by atoms with Crippen LogP contribution in [0.4, 0.5) is 0 Å². The number of hydrogen-bond donors (Lipinski definition) is 1. The van der Waals surface area contributed by atoms with E-state index in [1.807, 2.05) is 0 Å². The number of nitrogens with two attached hydrogens (primary N) is 1.